The fourth-order valence-electron chi connectivity index (χ4n) is 3.52. The van der Waals surface area contributed by atoms with Crippen LogP contribution < -0.4 is 0 Å². The van der Waals surface area contributed by atoms with Crippen molar-refractivity contribution < 1.29 is 9.47 Å². The maximum absolute atomic E-state index is 6.42. The molecule has 0 unspecified atom stereocenters. The summed E-state index contributed by atoms with van der Waals surface area (Å²) in [5.41, 5.74) is 1.13. The zero-order valence-corrected chi connectivity index (χ0v) is 13.7. The molecule has 2 saturated heterocycles. The van der Waals surface area contributed by atoms with E-state index in [9.17, 15) is 0 Å². The molecule has 0 saturated carbocycles. The zero-order chi connectivity index (χ0) is 15.4. The molecular weight excluding hydrogens is 278 g/mol. The summed E-state index contributed by atoms with van der Waals surface area (Å²) < 4.78 is 12.3. The SMILES string of the molecule is CN(C)C[C@@H]1CC[C@@]2(COCCN(Cc3cccnc3)C2)O1. The molecule has 2 fully saturated rings. The van der Waals surface area contributed by atoms with E-state index in [1.807, 2.05) is 18.5 Å². The van der Waals surface area contributed by atoms with Crippen LogP contribution in [-0.2, 0) is 16.0 Å². The lowest BCUT2D eigenvalue weighted by Gasteiger charge is -2.32. The van der Waals surface area contributed by atoms with Gasteiger partial charge in [-0.15, -0.1) is 0 Å². The van der Waals surface area contributed by atoms with Crippen LogP contribution in [-0.4, -0.2) is 73.4 Å². The van der Waals surface area contributed by atoms with Crippen LogP contribution in [0, 0.1) is 0 Å². The summed E-state index contributed by atoms with van der Waals surface area (Å²) in [6.07, 6.45) is 6.32. The van der Waals surface area contributed by atoms with Crippen molar-refractivity contribution >= 4 is 0 Å². The molecule has 0 radical (unpaired) electrons. The largest absolute Gasteiger partial charge is 0.377 e. The minimum atomic E-state index is -0.126. The summed E-state index contributed by atoms with van der Waals surface area (Å²) >= 11 is 0. The first-order valence-electron chi connectivity index (χ1n) is 8.17. The highest BCUT2D eigenvalue weighted by Gasteiger charge is 2.43. The van der Waals surface area contributed by atoms with E-state index in [-0.39, 0.29) is 5.60 Å². The lowest BCUT2D eigenvalue weighted by atomic mass is 10.00. The van der Waals surface area contributed by atoms with Crippen LogP contribution in [0.1, 0.15) is 18.4 Å². The van der Waals surface area contributed by atoms with Gasteiger partial charge in [0.05, 0.1) is 19.3 Å². The van der Waals surface area contributed by atoms with Crippen molar-refractivity contribution in [1.82, 2.24) is 14.8 Å². The van der Waals surface area contributed by atoms with Gasteiger partial charge in [0.15, 0.2) is 0 Å². The minimum absolute atomic E-state index is 0.126. The molecule has 3 heterocycles. The molecule has 22 heavy (non-hydrogen) atoms. The van der Waals surface area contributed by atoms with Crippen molar-refractivity contribution in [2.45, 2.75) is 31.1 Å². The zero-order valence-electron chi connectivity index (χ0n) is 13.7. The number of hydrogen-bond donors (Lipinski definition) is 0. The maximum atomic E-state index is 6.42. The maximum Gasteiger partial charge on any atom is 0.105 e. The van der Waals surface area contributed by atoms with Gasteiger partial charge in [-0.05, 0) is 38.6 Å². The van der Waals surface area contributed by atoms with Gasteiger partial charge >= 0.3 is 0 Å². The molecule has 0 aromatic carbocycles. The number of aromatic nitrogens is 1. The summed E-state index contributed by atoms with van der Waals surface area (Å²) in [5, 5.41) is 0. The van der Waals surface area contributed by atoms with Crippen LogP contribution in [0.15, 0.2) is 24.5 Å². The standard InChI is InChI=1S/C17H27N3O2/c1-19(2)12-16-5-6-17(22-16)13-20(8-9-21-14-17)11-15-4-3-7-18-10-15/h3-4,7,10,16H,5-6,8-9,11-14H2,1-2H3/t16-,17+/m0/s1. The van der Waals surface area contributed by atoms with Crippen molar-refractivity contribution in [3.05, 3.63) is 30.1 Å². The molecule has 0 bridgehead atoms. The van der Waals surface area contributed by atoms with Gasteiger partial charge in [-0.3, -0.25) is 9.88 Å². The van der Waals surface area contributed by atoms with Gasteiger partial charge in [0.2, 0.25) is 0 Å². The second kappa shape index (κ2) is 7.04. The van der Waals surface area contributed by atoms with E-state index >= 15 is 0 Å². The molecule has 0 aliphatic carbocycles. The highest BCUT2D eigenvalue weighted by molar-refractivity contribution is 5.08. The fourth-order valence-corrected chi connectivity index (χ4v) is 3.52. The highest BCUT2D eigenvalue weighted by Crippen LogP contribution is 2.33. The van der Waals surface area contributed by atoms with Gasteiger partial charge in [0.25, 0.3) is 0 Å². The Morgan fingerprint density at radius 1 is 1.45 bits per heavy atom. The van der Waals surface area contributed by atoms with Crippen LogP contribution >= 0.6 is 0 Å². The second-order valence-corrected chi connectivity index (χ2v) is 6.85. The molecule has 5 heteroatoms. The summed E-state index contributed by atoms with van der Waals surface area (Å²) in [4.78, 5) is 8.86. The Morgan fingerprint density at radius 2 is 2.36 bits per heavy atom. The van der Waals surface area contributed by atoms with Gasteiger partial charge < -0.3 is 14.4 Å². The normalized spacial score (nSPS) is 30.0. The van der Waals surface area contributed by atoms with Crippen molar-refractivity contribution in [2.75, 3.05) is 46.9 Å². The van der Waals surface area contributed by atoms with Crippen molar-refractivity contribution in [1.29, 1.82) is 0 Å². The van der Waals surface area contributed by atoms with Gasteiger partial charge in [0.1, 0.15) is 5.60 Å². The summed E-state index contributed by atoms with van der Waals surface area (Å²) in [6, 6.07) is 4.13. The Labute approximate surface area is 133 Å². The molecule has 0 N–H and O–H groups in total. The van der Waals surface area contributed by atoms with E-state index in [0.29, 0.717) is 6.10 Å². The van der Waals surface area contributed by atoms with Crippen molar-refractivity contribution in [3.63, 3.8) is 0 Å². The fraction of sp³-hybridized carbons (Fsp3) is 0.706. The molecular formula is C17H27N3O2. The van der Waals surface area contributed by atoms with Crippen LogP contribution in [0.4, 0.5) is 0 Å². The molecule has 2 aliphatic heterocycles. The molecule has 0 amide bonds. The number of pyridine rings is 1. The topological polar surface area (TPSA) is 37.8 Å². The van der Waals surface area contributed by atoms with E-state index in [1.54, 1.807) is 0 Å². The Kier molecular flexibility index (Phi) is 5.08. The second-order valence-electron chi connectivity index (χ2n) is 6.85. The Hall–Kier alpha value is -1.01. The van der Waals surface area contributed by atoms with Crippen molar-refractivity contribution in [2.24, 2.45) is 0 Å². The number of nitrogens with zero attached hydrogens (tertiary/aromatic N) is 3. The third-order valence-corrected chi connectivity index (χ3v) is 4.47. The lowest BCUT2D eigenvalue weighted by Crippen LogP contribution is -2.45. The molecule has 2 atom stereocenters. The predicted molar refractivity (Wildman–Crippen MR) is 85.7 cm³/mol. The monoisotopic (exact) mass is 305 g/mol. The molecule has 1 aromatic rings. The smallest absolute Gasteiger partial charge is 0.105 e. The van der Waals surface area contributed by atoms with Crippen LogP contribution in [0.2, 0.25) is 0 Å². The van der Waals surface area contributed by atoms with Gasteiger partial charge in [-0.1, -0.05) is 6.07 Å². The van der Waals surface area contributed by atoms with E-state index in [2.05, 4.69) is 34.9 Å². The number of rotatable bonds is 4. The Morgan fingerprint density at radius 3 is 3.14 bits per heavy atom. The van der Waals surface area contributed by atoms with Crippen molar-refractivity contribution in [3.8, 4) is 0 Å². The Balaban J connectivity index is 1.63. The average molecular weight is 305 g/mol. The highest BCUT2D eigenvalue weighted by atomic mass is 16.6. The van der Waals surface area contributed by atoms with Gasteiger partial charge in [0, 0.05) is 38.6 Å². The number of likely N-dealkylation sites (N-methyl/N-ethyl adjacent to an activating group) is 1. The van der Waals surface area contributed by atoms with Gasteiger partial charge in [-0.2, -0.15) is 0 Å². The third-order valence-electron chi connectivity index (χ3n) is 4.47. The lowest BCUT2D eigenvalue weighted by molar-refractivity contribution is -0.0902. The number of hydrogen-bond acceptors (Lipinski definition) is 5. The first kappa shape index (κ1) is 15.9. The third kappa shape index (κ3) is 4.04. The predicted octanol–water partition coefficient (Wildman–Crippen LogP) is 1.39. The molecule has 5 nitrogen and oxygen atoms in total. The van der Waals surface area contributed by atoms with Crippen LogP contribution in [0.25, 0.3) is 0 Å². The first-order valence-corrected chi connectivity index (χ1v) is 8.17. The van der Waals surface area contributed by atoms with E-state index in [4.69, 9.17) is 9.47 Å². The van der Waals surface area contributed by atoms with Crippen LogP contribution in [0.3, 0.4) is 0 Å². The summed E-state index contributed by atoms with van der Waals surface area (Å²) in [7, 11) is 4.21. The molecule has 122 valence electrons. The average Bonchev–Trinajstić information content (AvgIpc) is 2.75. The quantitative estimate of drug-likeness (QED) is 0.840. The van der Waals surface area contributed by atoms with E-state index in [1.165, 1.54) is 5.56 Å². The first-order chi connectivity index (χ1) is 10.7. The van der Waals surface area contributed by atoms with Crippen LogP contribution in [0.5, 0.6) is 0 Å². The van der Waals surface area contributed by atoms with E-state index in [0.717, 1.165) is 52.2 Å². The molecule has 3 rings (SSSR count). The Bertz CT molecular complexity index is 468. The van der Waals surface area contributed by atoms with Gasteiger partial charge in [-0.25, -0.2) is 0 Å². The number of ether oxygens (including phenoxy) is 2. The molecule has 1 aromatic heterocycles. The minimum Gasteiger partial charge on any atom is -0.377 e. The summed E-state index contributed by atoms with van der Waals surface area (Å²) in [5.74, 6) is 0. The summed E-state index contributed by atoms with van der Waals surface area (Å²) in [6.45, 7) is 5.32. The molecule has 2 aliphatic rings. The van der Waals surface area contributed by atoms with E-state index < -0.39 is 0 Å². The molecule has 1 spiro atoms.